The molecule has 0 atom stereocenters. The van der Waals surface area contributed by atoms with E-state index in [1.807, 2.05) is 19.0 Å². The van der Waals surface area contributed by atoms with Crippen LogP contribution >= 0.6 is 0 Å². The fourth-order valence-electron chi connectivity index (χ4n) is 1.11. The van der Waals surface area contributed by atoms with Crippen LogP contribution in [0.25, 0.3) is 5.95 Å². The van der Waals surface area contributed by atoms with Crippen molar-refractivity contribution in [2.45, 2.75) is 0 Å². The molecular formula is C9H12N6. The van der Waals surface area contributed by atoms with Crippen LogP contribution in [0.15, 0.2) is 24.8 Å². The number of hydrogen-bond donors (Lipinski definition) is 1. The predicted molar refractivity (Wildman–Crippen MR) is 57.9 cm³/mol. The van der Waals surface area contributed by atoms with E-state index in [-0.39, 0.29) is 0 Å². The first-order chi connectivity index (χ1) is 7.16. The Balaban J connectivity index is 2.31. The molecule has 0 saturated carbocycles. The second-order valence-electron chi connectivity index (χ2n) is 3.35. The fraction of sp³-hybridized carbons (Fsp3) is 0.222. The molecule has 0 radical (unpaired) electrons. The minimum atomic E-state index is 0.511. The van der Waals surface area contributed by atoms with Crippen molar-refractivity contribution in [3.63, 3.8) is 0 Å². The van der Waals surface area contributed by atoms with Gasteiger partial charge in [0.2, 0.25) is 0 Å². The van der Waals surface area contributed by atoms with Crippen LogP contribution < -0.4 is 10.6 Å². The second kappa shape index (κ2) is 3.56. The van der Waals surface area contributed by atoms with Gasteiger partial charge >= 0.3 is 0 Å². The van der Waals surface area contributed by atoms with Gasteiger partial charge in [-0.3, -0.25) is 0 Å². The summed E-state index contributed by atoms with van der Waals surface area (Å²) >= 11 is 0. The van der Waals surface area contributed by atoms with E-state index in [0.29, 0.717) is 11.6 Å². The fourth-order valence-corrected chi connectivity index (χ4v) is 1.11. The Morgan fingerprint density at radius 3 is 2.33 bits per heavy atom. The van der Waals surface area contributed by atoms with Crippen molar-refractivity contribution in [2.24, 2.45) is 0 Å². The van der Waals surface area contributed by atoms with E-state index < -0.39 is 0 Å². The zero-order valence-corrected chi connectivity index (χ0v) is 8.62. The lowest BCUT2D eigenvalue weighted by atomic mass is 10.5. The average molecular weight is 204 g/mol. The second-order valence-corrected chi connectivity index (χ2v) is 3.35. The van der Waals surface area contributed by atoms with Crippen molar-refractivity contribution in [3.05, 3.63) is 24.8 Å². The maximum Gasteiger partial charge on any atom is 0.250 e. The van der Waals surface area contributed by atoms with Gasteiger partial charge in [-0.2, -0.15) is 5.10 Å². The van der Waals surface area contributed by atoms with Crippen molar-refractivity contribution in [1.82, 2.24) is 19.7 Å². The van der Waals surface area contributed by atoms with Gasteiger partial charge in [0.25, 0.3) is 5.95 Å². The molecule has 78 valence electrons. The lowest BCUT2D eigenvalue weighted by molar-refractivity contribution is 0.806. The molecule has 2 heterocycles. The average Bonchev–Trinajstić information content (AvgIpc) is 2.65. The molecule has 15 heavy (non-hydrogen) atoms. The molecule has 0 aliphatic carbocycles. The van der Waals surface area contributed by atoms with Crippen LogP contribution in [-0.2, 0) is 0 Å². The predicted octanol–water partition coefficient (Wildman–Crippen LogP) is 0.310. The molecule has 0 aliphatic heterocycles. The van der Waals surface area contributed by atoms with Crippen LogP contribution in [0.2, 0.25) is 0 Å². The van der Waals surface area contributed by atoms with Gasteiger partial charge in [0.05, 0.1) is 36.2 Å². The number of anilines is 2. The minimum Gasteiger partial charge on any atom is -0.396 e. The van der Waals surface area contributed by atoms with Crippen LogP contribution in [-0.4, -0.2) is 33.8 Å². The van der Waals surface area contributed by atoms with Crippen molar-refractivity contribution >= 4 is 11.4 Å². The van der Waals surface area contributed by atoms with Gasteiger partial charge in [0.1, 0.15) is 0 Å². The summed E-state index contributed by atoms with van der Waals surface area (Å²) < 4.78 is 1.54. The molecule has 2 N–H and O–H groups in total. The van der Waals surface area contributed by atoms with Crippen molar-refractivity contribution in [3.8, 4) is 5.95 Å². The molecule has 6 heteroatoms. The molecule has 0 bridgehead atoms. The van der Waals surface area contributed by atoms with Crippen molar-refractivity contribution in [1.29, 1.82) is 0 Å². The van der Waals surface area contributed by atoms with Gasteiger partial charge < -0.3 is 10.6 Å². The molecule has 0 aromatic carbocycles. The van der Waals surface area contributed by atoms with Crippen LogP contribution in [0.5, 0.6) is 0 Å². The summed E-state index contributed by atoms with van der Waals surface area (Å²) in [6.07, 6.45) is 6.70. The van der Waals surface area contributed by atoms with E-state index in [1.165, 1.54) is 4.68 Å². The lowest BCUT2D eigenvalue weighted by Gasteiger charge is -2.10. The molecule has 0 spiro atoms. The Morgan fingerprint density at radius 2 is 1.87 bits per heavy atom. The summed E-state index contributed by atoms with van der Waals surface area (Å²) in [4.78, 5) is 10.3. The van der Waals surface area contributed by atoms with Crippen LogP contribution in [0.1, 0.15) is 0 Å². The molecule has 0 saturated heterocycles. The maximum atomic E-state index is 5.55. The summed E-state index contributed by atoms with van der Waals surface area (Å²) in [6, 6.07) is 0. The number of rotatable bonds is 2. The van der Waals surface area contributed by atoms with Gasteiger partial charge in [-0.15, -0.1) is 0 Å². The first-order valence-corrected chi connectivity index (χ1v) is 4.47. The molecule has 0 aliphatic rings. The molecule has 2 aromatic heterocycles. The zero-order valence-electron chi connectivity index (χ0n) is 8.62. The van der Waals surface area contributed by atoms with E-state index in [0.717, 1.165) is 5.69 Å². The van der Waals surface area contributed by atoms with Crippen molar-refractivity contribution in [2.75, 3.05) is 24.7 Å². The van der Waals surface area contributed by atoms with E-state index >= 15 is 0 Å². The molecule has 0 unspecified atom stereocenters. The standard InChI is InChI=1S/C9H12N6/c1-14(2)8-4-11-9(12-5-8)15-6-7(10)3-13-15/h3-6H,10H2,1-2H3. The third-order valence-electron chi connectivity index (χ3n) is 1.95. The Labute approximate surface area is 87.4 Å². The van der Waals surface area contributed by atoms with Crippen molar-refractivity contribution < 1.29 is 0 Å². The highest BCUT2D eigenvalue weighted by Crippen LogP contribution is 2.09. The SMILES string of the molecule is CN(C)c1cnc(-n2cc(N)cn2)nc1. The third-order valence-corrected chi connectivity index (χ3v) is 1.95. The third kappa shape index (κ3) is 1.88. The summed E-state index contributed by atoms with van der Waals surface area (Å²) in [5.41, 5.74) is 7.08. The summed E-state index contributed by atoms with van der Waals surface area (Å²) in [6.45, 7) is 0. The van der Waals surface area contributed by atoms with Crippen LogP contribution in [0.4, 0.5) is 11.4 Å². The summed E-state index contributed by atoms with van der Waals surface area (Å²) in [5, 5.41) is 4.01. The minimum absolute atomic E-state index is 0.511. The summed E-state index contributed by atoms with van der Waals surface area (Å²) in [7, 11) is 3.87. The molecule has 2 aromatic rings. The number of nitrogens with two attached hydrogens (primary N) is 1. The smallest absolute Gasteiger partial charge is 0.250 e. The maximum absolute atomic E-state index is 5.55. The Morgan fingerprint density at radius 1 is 1.20 bits per heavy atom. The first kappa shape index (κ1) is 9.45. The van der Waals surface area contributed by atoms with Gasteiger partial charge in [-0.05, 0) is 0 Å². The zero-order chi connectivity index (χ0) is 10.8. The van der Waals surface area contributed by atoms with E-state index in [1.54, 1.807) is 24.8 Å². The summed E-state index contributed by atoms with van der Waals surface area (Å²) in [5.74, 6) is 0.511. The molecule has 0 fully saturated rings. The monoisotopic (exact) mass is 204 g/mol. The van der Waals surface area contributed by atoms with Gasteiger partial charge in [-0.1, -0.05) is 0 Å². The normalized spacial score (nSPS) is 10.3. The van der Waals surface area contributed by atoms with E-state index in [4.69, 9.17) is 5.73 Å². The number of nitrogen functional groups attached to an aromatic ring is 1. The molecule has 0 amide bonds. The number of hydrogen-bond acceptors (Lipinski definition) is 5. The highest BCUT2D eigenvalue weighted by atomic mass is 15.3. The Kier molecular flexibility index (Phi) is 2.24. The Hall–Kier alpha value is -2.11. The van der Waals surface area contributed by atoms with Gasteiger partial charge in [0, 0.05) is 14.1 Å². The largest absolute Gasteiger partial charge is 0.396 e. The van der Waals surface area contributed by atoms with E-state index in [2.05, 4.69) is 15.1 Å². The Bertz CT molecular complexity index is 444. The first-order valence-electron chi connectivity index (χ1n) is 4.47. The van der Waals surface area contributed by atoms with Gasteiger partial charge in [0.15, 0.2) is 0 Å². The number of aromatic nitrogens is 4. The molecular weight excluding hydrogens is 192 g/mol. The lowest BCUT2D eigenvalue weighted by Crippen LogP contribution is -2.10. The highest BCUT2D eigenvalue weighted by molar-refractivity contribution is 5.41. The molecule has 2 rings (SSSR count). The number of nitrogens with zero attached hydrogens (tertiary/aromatic N) is 5. The van der Waals surface area contributed by atoms with Crippen LogP contribution in [0.3, 0.4) is 0 Å². The van der Waals surface area contributed by atoms with E-state index in [9.17, 15) is 0 Å². The quantitative estimate of drug-likeness (QED) is 0.762. The van der Waals surface area contributed by atoms with Crippen LogP contribution in [0, 0.1) is 0 Å². The van der Waals surface area contributed by atoms with Gasteiger partial charge in [-0.25, -0.2) is 14.6 Å². The topological polar surface area (TPSA) is 72.9 Å². The molecule has 6 nitrogen and oxygen atoms in total. The highest BCUT2D eigenvalue weighted by Gasteiger charge is 2.02.